The predicted molar refractivity (Wildman–Crippen MR) is 81.5 cm³/mol. The third-order valence-electron chi connectivity index (χ3n) is 2.73. The third kappa shape index (κ3) is 3.79. The number of hydrogen-bond donors (Lipinski definition) is 2. The van der Waals surface area contributed by atoms with E-state index in [0.29, 0.717) is 15.4 Å². The van der Waals surface area contributed by atoms with Crippen LogP contribution in [0.4, 0.5) is 5.69 Å². The lowest BCUT2D eigenvalue weighted by Gasteiger charge is -2.01. The number of anilines is 1. The van der Waals surface area contributed by atoms with Crippen molar-refractivity contribution >= 4 is 35.0 Å². The smallest absolute Gasteiger partial charge is 0.328 e. The third-order valence-corrected chi connectivity index (χ3v) is 3.78. The van der Waals surface area contributed by atoms with Crippen molar-refractivity contribution in [3.05, 3.63) is 39.9 Å². The van der Waals surface area contributed by atoms with Gasteiger partial charge in [-0.05, 0) is 24.6 Å². The molecule has 0 unspecified atom stereocenters. The average molecular weight is 305 g/mol. The van der Waals surface area contributed by atoms with E-state index in [4.69, 9.17) is 5.11 Å². The van der Waals surface area contributed by atoms with Crippen LogP contribution in [0.5, 0.6) is 0 Å². The standard InChI is InChI=1S/C14H15N3O3S/c1-3-10-11(8-17(2)16-10)15-14(20)12-6-4-9(21-12)5-7-13(18)19/h4-8H,3H2,1-2H3,(H,15,20)(H,18,19)/b7-5+. The zero-order valence-electron chi connectivity index (χ0n) is 11.7. The molecule has 2 N–H and O–H groups in total. The zero-order valence-corrected chi connectivity index (χ0v) is 12.5. The molecule has 0 aromatic carbocycles. The normalized spacial score (nSPS) is 11.0. The van der Waals surface area contributed by atoms with Crippen LogP contribution in [0.1, 0.15) is 27.2 Å². The largest absolute Gasteiger partial charge is 0.478 e. The molecule has 2 rings (SSSR count). The van der Waals surface area contributed by atoms with Crippen LogP contribution in [-0.2, 0) is 18.3 Å². The summed E-state index contributed by atoms with van der Waals surface area (Å²) in [4.78, 5) is 23.9. The Kier molecular flexibility index (Phi) is 4.54. The Labute approximate surface area is 125 Å². The van der Waals surface area contributed by atoms with Crippen LogP contribution < -0.4 is 5.32 Å². The van der Waals surface area contributed by atoms with Gasteiger partial charge in [0.15, 0.2) is 0 Å². The molecule has 0 spiro atoms. The van der Waals surface area contributed by atoms with Crippen LogP contribution in [0.2, 0.25) is 0 Å². The monoisotopic (exact) mass is 305 g/mol. The first-order valence-corrected chi connectivity index (χ1v) is 7.16. The van der Waals surface area contributed by atoms with Crippen LogP contribution in [0.15, 0.2) is 24.4 Å². The minimum Gasteiger partial charge on any atom is -0.478 e. The molecule has 7 heteroatoms. The maximum absolute atomic E-state index is 12.2. The van der Waals surface area contributed by atoms with E-state index in [1.807, 2.05) is 6.92 Å². The number of amides is 1. The molecule has 0 saturated carbocycles. The number of carboxylic acid groups (broad SMARTS) is 1. The second-order valence-electron chi connectivity index (χ2n) is 4.34. The molecule has 0 fully saturated rings. The molecule has 0 saturated heterocycles. The highest BCUT2D eigenvalue weighted by Crippen LogP contribution is 2.21. The number of nitrogens with one attached hydrogen (secondary N) is 1. The van der Waals surface area contributed by atoms with E-state index in [9.17, 15) is 9.59 Å². The highest BCUT2D eigenvalue weighted by molar-refractivity contribution is 7.15. The number of carbonyl (C=O) groups is 2. The zero-order chi connectivity index (χ0) is 15.4. The molecular weight excluding hydrogens is 290 g/mol. The van der Waals surface area contributed by atoms with E-state index in [0.717, 1.165) is 18.2 Å². The summed E-state index contributed by atoms with van der Waals surface area (Å²) in [6.45, 7) is 1.97. The molecular formula is C14H15N3O3S. The van der Waals surface area contributed by atoms with E-state index in [1.165, 1.54) is 17.4 Å². The summed E-state index contributed by atoms with van der Waals surface area (Å²) in [5.41, 5.74) is 1.52. The Hall–Kier alpha value is -2.41. The van der Waals surface area contributed by atoms with Crippen LogP contribution in [0.3, 0.4) is 0 Å². The van der Waals surface area contributed by atoms with Gasteiger partial charge in [0, 0.05) is 24.2 Å². The van der Waals surface area contributed by atoms with E-state index in [1.54, 1.807) is 30.1 Å². The summed E-state index contributed by atoms with van der Waals surface area (Å²) < 4.78 is 1.66. The van der Waals surface area contributed by atoms with E-state index >= 15 is 0 Å². The number of carbonyl (C=O) groups excluding carboxylic acids is 1. The van der Waals surface area contributed by atoms with Gasteiger partial charge < -0.3 is 10.4 Å². The maximum Gasteiger partial charge on any atom is 0.328 e. The number of nitrogens with zero attached hydrogens (tertiary/aromatic N) is 2. The van der Waals surface area contributed by atoms with Gasteiger partial charge in [-0.2, -0.15) is 5.10 Å². The lowest BCUT2D eigenvalue weighted by molar-refractivity contribution is -0.131. The number of hydrogen-bond acceptors (Lipinski definition) is 4. The summed E-state index contributed by atoms with van der Waals surface area (Å²) >= 11 is 1.23. The van der Waals surface area contributed by atoms with Crippen LogP contribution in [0.25, 0.3) is 6.08 Å². The molecule has 0 bridgehead atoms. The molecule has 0 aliphatic heterocycles. The van der Waals surface area contributed by atoms with Gasteiger partial charge in [0.2, 0.25) is 0 Å². The Morgan fingerprint density at radius 2 is 2.24 bits per heavy atom. The van der Waals surface area contributed by atoms with E-state index in [2.05, 4.69) is 10.4 Å². The number of aromatic nitrogens is 2. The predicted octanol–water partition coefficient (Wildman–Crippen LogP) is 2.39. The maximum atomic E-state index is 12.2. The Balaban J connectivity index is 2.11. The molecule has 2 heterocycles. The van der Waals surface area contributed by atoms with Gasteiger partial charge in [-0.25, -0.2) is 4.79 Å². The van der Waals surface area contributed by atoms with Crippen molar-refractivity contribution in [3.63, 3.8) is 0 Å². The number of thiophene rings is 1. The van der Waals surface area contributed by atoms with Crippen molar-refractivity contribution in [2.75, 3.05) is 5.32 Å². The second-order valence-corrected chi connectivity index (χ2v) is 5.46. The fourth-order valence-electron chi connectivity index (χ4n) is 1.80. The molecule has 2 aromatic heterocycles. The molecule has 0 aliphatic carbocycles. The Morgan fingerprint density at radius 3 is 2.90 bits per heavy atom. The number of aryl methyl sites for hydroxylation is 2. The molecule has 110 valence electrons. The van der Waals surface area contributed by atoms with Crippen LogP contribution in [0, 0.1) is 0 Å². The summed E-state index contributed by atoms with van der Waals surface area (Å²) in [6.07, 6.45) is 5.00. The quantitative estimate of drug-likeness (QED) is 0.831. The average Bonchev–Trinajstić information content (AvgIpc) is 3.03. The lowest BCUT2D eigenvalue weighted by atomic mass is 10.3. The highest BCUT2D eigenvalue weighted by Gasteiger charge is 2.13. The fraction of sp³-hybridized carbons (Fsp3) is 0.214. The Bertz CT molecular complexity index is 700. The SMILES string of the molecule is CCc1nn(C)cc1NC(=O)c1ccc(/C=C/C(=O)O)s1. The summed E-state index contributed by atoms with van der Waals surface area (Å²) in [6, 6.07) is 3.38. The van der Waals surface area contributed by atoms with Crippen molar-refractivity contribution in [1.82, 2.24) is 9.78 Å². The minimum absolute atomic E-state index is 0.224. The molecule has 0 atom stereocenters. The topological polar surface area (TPSA) is 84.2 Å². The lowest BCUT2D eigenvalue weighted by Crippen LogP contribution is -2.10. The van der Waals surface area contributed by atoms with Crippen molar-refractivity contribution in [1.29, 1.82) is 0 Å². The van der Waals surface area contributed by atoms with Crippen LogP contribution in [-0.4, -0.2) is 26.8 Å². The highest BCUT2D eigenvalue weighted by atomic mass is 32.1. The summed E-state index contributed by atoms with van der Waals surface area (Å²) in [5, 5.41) is 15.7. The van der Waals surface area contributed by atoms with Crippen molar-refractivity contribution < 1.29 is 14.7 Å². The first-order valence-electron chi connectivity index (χ1n) is 6.34. The number of aliphatic carboxylic acids is 1. The molecule has 1 amide bonds. The van der Waals surface area contributed by atoms with Crippen LogP contribution >= 0.6 is 11.3 Å². The van der Waals surface area contributed by atoms with Gasteiger partial charge in [0.25, 0.3) is 5.91 Å². The summed E-state index contributed by atoms with van der Waals surface area (Å²) in [5.74, 6) is -1.24. The van der Waals surface area contributed by atoms with Gasteiger partial charge in [0.05, 0.1) is 16.3 Å². The molecule has 0 radical (unpaired) electrons. The molecule has 2 aromatic rings. The van der Waals surface area contributed by atoms with Crippen molar-refractivity contribution in [2.45, 2.75) is 13.3 Å². The van der Waals surface area contributed by atoms with Gasteiger partial charge >= 0.3 is 5.97 Å². The molecule has 21 heavy (non-hydrogen) atoms. The van der Waals surface area contributed by atoms with E-state index < -0.39 is 5.97 Å². The van der Waals surface area contributed by atoms with Crippen molar-refractivity contribution in [3.8, 4) is 0 Å². The van der Waals surface area contributed by atoms with Gasteiger partial charge in [-0.1, -0.05) is 6.92 Å². The van der Waals surface area contributed by atoms with Gasteiger partial charge in [0.1, 0.15) is 0 Å². The second kappa shape index (κ2) is 6.36. The Morgan fingerprint density at radius 1 is 1.48 bits per heavy atom. The first-order chi connectivity index (χ1) is 9.99. The minimum atomic E-state index is -1.02. The summed E-state index contributed by atoms with van der Waals surface area (Å²) in [7, 11) is 1.80. The molecule has 0 aliphatic rings. The number of rotatable bonds is 5. The van der Waals surface area contributed by atoms with Gasteiger partial charge in [-0.3, -0.25) is 9.48 Å². The first kappa shape index (κ1) is 15.0. The van der Waals surface area contributed by atoms with Crippen molar-refractivity contribution in [2.24, 2.45) is 7.05 Å². The van der Waals surface area contributed by atoms with Gasteiger partial charge in [-0.15, -0.1) is 11.3 Å². The molecule has 6 nitrogen and oxygen atoms in total. The number of carboxylic acids is 1. The fourth-order valence-corrected chi connectivity index (χ4v) is 2.61. The van der Waals surface area contributed by atoms with E-state index in [-0.39, 0.29) is 5.91 Å².